The highest BCUT2D eigenvalue weighted by atomic mass is 16.6. The van der Waals surface area contributed by atoms with Crippen molar-refractivity contribution in [2.24, 2.45) is 0 Å². The second-order valence-electron chi connectivity index (χ2n) is 5.83. The van der Waals surface area contributed by atoms with Gasteiger partial charge < -0.3 is 25.5 Å². The van der Waals surface area contributed by atoms with Crippen LogP contribution in [-0.4, -0.2) is 59.0 Å². The lowest BCUT2D eigenvalue weighted by Crippen LogP contribution is -2.26. The summed E-state index contributed by atoms with van der Waals surface area (Å²) in [5.74, 6) is -0.688. The fourth-order valence-electron chi connectivity index (χ4n) is 2.60. The molecule has 27 heavy (non-hydrogen) atoms. The third-order valence-corrected chi connectivity index (χ3v) is 4.10. The predicted molar refractivity (Wildman–Crippen MR) is 88.1 cm³/mol. The van der Waals surface area contributed by atoms with Crippen molar-refractivity contribution in [1.29, 1.82) is 0 Å². The highest BCUT2D eigenvalue weighted by Gasteiger charge is 2.42. The minimum atomic E-state index is -0.766. The maximum Gasteiger partial charge on any atom is 0.302 e. The summed E-state index contributed by atoms with van der Waals surface area (Å²) < 4.78 is 5.97. The quantitative estimate of drug-likeness (QED) is 0.318. The summed E-state index contributed by atoms with van der Waals surface area (Å²) in [6.07, 6.45) is -1.33. The molecule has 0 bridgehead atoms. The number of aromatic nitrogens is 5. The number of amides is 1. The van der Waals surface area contributed by atoms with E-state index in [1.165, 1.54) is 12.1 Å². The number of benzene rings is 1. The summed E-state index contributed by atoms with van der Waals surface area (Å²) in [4.78, 5) is 25.1. The normalized spacial score (nSPS) is 18.6. The van der Waals surface area contributed by atoms with E-state index in [4.69, 9.17) is 14.9 Å². The number of aliphatic hydroxyl groups is 2. The fourth-order valence-corrected chi connectivity index (χ4v) is 2.60. The fraction of sp³-hybridized carbons (Fsp3) is 0.267. The Kier molecular flexibility index (Phi) is 4.07. The number of hydrogen-bond acceptors (Lipinski definition) is 9. The van der Waals surface area contributed by atoms with Crippen LogP contribution in [0.4, 0.5) is 5.82 Å². The van der Waals surface area contributed by atoms with Gasteiger partial charge in [-0.05, 0) is 17.7 Å². The Labute approximate surface area is 150 Å². The van der Waals surface area contributed by atoms with Gasteiger partial charge in [0.15, 0.2) is 23.1 Å². The first-order valence-electron chi connectivity index (χ1n) is 7.88. The number of hydrogen-bond donors (Lipinski definition) is 4. The molecule has 1 aliphatic heterocycles. The summed E-state index contributed by atoms with van der Waals surface area (Å²) in [6, 6.07) is 6.20. The van der Waals surface area contributed by atoms with Crippen LogP contribution >= 0.6 is 0 Å². The molecule has 4 N–H and O–H groups in total. The number of nitrogens with zero attached hydrogens (tertiary/aromatic N) is 5. The zero-order chi connectivity index (χ0) is 19.1. The van der Waals surface area contributed by atoms with E-state index in [-0.39, 0.29) is 35.6 Å². The second-order valence-corrected chi connectivity index (χ2v) is 5.83. The zero-order valence-electron chi connectivity index (χ0n) is 13.7. The lowest BCUT2D eigenvalue weighted by atomic mass is 10.1. The van der Waals surface area contributed by atoms with Gasteiger partial charge in [0.2, 0.25) is 0 Å². The van der Waals surface area contributed by atoms with Crippen LogP contribution in [0.2, 0.25) is 0 Å². The molecule has 2 aromatic heterocycles. The molecule has 1 saturated heterocycles. The van der Waals surface area contributed by atoms with Crippen LogP contribution in [0.3, 0.4) is 0 Å². The van der Waals surface area contributed by atoms with Crippen molar-refractivity contribution in [2.45, 2.75) is 18.9 Å². The smallest absolute Gasteiger partial charge is 0.302 e. The first-order chi connectivity index (χ1) is 13.0. The van der Waals surface area contributed by atoms with Crippen LogP contribution < -0.4 is 10.9 Å². The number of fused-ring (bicyclic) bond motifs is 1. The molecule has 1 amide bonds. The van der Waals surface area contributed by atoms with Gasteiger partial charge in [-0.1, -0.05) is 22.2 Å². The topological polar surface area (TPSA) is 168 Å². The molecule has 3 aromatic rings. The number of rotatable bonds is 5. The second kappa shape index (κ2) is 6.42. The largest absolute Gasteiger partial charge is 0.411 e. The monoisotopic (exact) mass is 374 g/mol. The number of carbonyl (C=O) groups is 1. The van der Waals surface area contributed by atoms with Gasteiger partial charge in [0.1, 0.15) is 6.10 Å². The van der Waals surface area contributed by atoms with Gasteiger partial charge in [-0.2, -0.15) is 4.68 Å². The summed E-state index contributed by atoms with van der Waals surface area (Å²) in [6.45, 7) is -0.434. The minimum Gasteiger partial charge on any atom is -0.411 e. The van der Waals surface area contributed by atoms with E-state index in [1.807, 2.05) is 0 Å². The molecule has 3 heterocycles. The van der Waals surface area contributed by atoms with Crippen LogP contribution in [-0.2, 0) is 11.3 Å². The molecule has 1 aliphatic rings. The van der Waals surface area contributed by atoms with E-state index in [9.17, 15) is 14.8 Å². The number of ether oxygens (including phenoxy) is 1. The van der Waals surface area contributed by atoms with Gasteiger partial charge in [0.25, 0.3) is 5.91 Å². The maximum atomic E-state index is 12.5. The van der Waals surface area contributed by atoms with Crippen LogP contribution in [0.25, 0.3) is 11.0 Å². The van der Waals surface area contributed by atoms with E-state index in [0.717, 1.165) is 4.68 Å². The van der Waals surface area contributed by atoms with Crippen LogP contribution in [0.1, 0.15) is 22.1 Å². The van der Waals surface area contributed by atoms with Gasteiger partial charge in [0.05, 0.1) is 13.2 Å². The molecular formula is C15H14N6O6. The average Bonchev–Trinajstić information content (AvgIpc) is 3.39. The molecular weight excluding hydrogens is 360 g/mol. The van der Waals surface area contributed by atoms with Crippen LogP contribution in [0, 0.1) is 0 Å². The standard InChI is InChI=1S/C15H14N6O6/c22-5-7-1-3-8(4-2-7)13(24)16-12-10-11(21(26)18-12)14(25)20(19-17-10)15-9(6-23)27-15/h1-4,9,15,22-23,26H,5-6H2,(H,16,18,24). The summed E-state index contributed by atoms with van der Waals surface area (Å²) >= 11 is 0. The number of nitrogens with one attached hydrogen (secondary N) is 1. The number of carbonyl (C=O) groups excluding carboxylic acids is 1. The maximum absolute atomic E-state index is 12.5. The predicted octanol–water partition coefficient (Wildman–Crippen LogP) is -1.14. The van der Waals surface area contributed by atoms with Crippen molar-refractivity contribution in [3.05, 3.63) is 45.7 Å². The van der Waals surface area contributed by atoms with E-state index >= 15 is 0 Å². The summed E-state index contributed by atoms with van der Waals surface area (Å²) in [7, 11) is 0. The molecule has 140 valence electrons. The van der Waals surface area contributed by atoms with Crippen LogP contribution in [0.15, 0.2) is 29.1 Å². The number of aliphatic hydroxyl groups excluding tert-OH is 2. The summed E-state index contributed by atoms with van der Waals surface area (Å²) in [5.41, 5.74) is -0.190. The van der Waals surface area contributed by atoms with Gasteiger partial charge in [-0.25, -0.2) is 0 Å². The molecule has 0 aliphatic carbocycles. The minimum absolute atomic E-state index is 0.0970. The van der Waals surface area contributed by atoms with E-state index in [0.29, 0.717) is 10.4 Å². The van der Waals surface area contributed by atoms with E-state index in [2.05, 4.69) is 20.7 Å². The molecule has 1 fully saturated rings. The Hall–Kier alpha value is -3.35. The molecule has 0 radical (unpaired) electrons. The molecule has 2 unspecified atom stereocenters. The van der Waals surface area contributed by atoms with Crippen molar-refractivity contribution in [3.8, 4) is 0 Å². The first kappa shape index (κ1) is 17.1. The van der Waals surface area contributed by atoms with Gasteiger partial charge >= 0.3 is 5.56 Å². The highest BCUT2D eigenvalue weighted by molar-refractivity contribution is 6.07. The third kappa shape index (κ3) is 2.91. The Balaban J connectivity index is 1.65. The van der Waals surface area contributed by atoms with Gasteiger partial charge in [-0.15, -0.1) is 10.2 Å². The van der Waals surface area contributed by atoms with Crippen molar-refractivity contribution in [3.63, 3.8) is 0 Å². The highest BCUT2D eigenvalue weighted by Crippen LogP contribution is 2.31. The Morgan fingerprint density at radius 2 is 2.00 bits per heavy atom. The Bertz CT molecular complexity index is 1070. The third-order valence-electron chi connectivity index (χ3n) is 4.10. The SMILES string of the molecule is O=C(Nc1nn(O)c2c(=O)n(C3OC3CO)nnc12)c1ccc(CO)cc1. The Morgan fingerprint density at radius 3 is 2.63 bits per heavy atom. The number of epoxide rings is 1. The molecule has 4 rings (SSSR count). The van der Waals surface area contributed by atoms with Crippen LogP contribution in [0.5, 0.6) is 0 Å². The van der Waals surface area contributed by atoms with Crippen molar-refractivity contribution in [2.75, 3.05) is 11.9 Å². The first-order valence-corrected chi connectivity index (χ1v) is 7.88. The Morgan fingerprint density at radius 1 is 1.26 bits per heavy atom. The molecule has 0 saturated carbocycles. The molecule has 12 nitrogen and oxygen atoms in total. The van der Waals surface area contributed by atoms with Crippen molar-refractivity contribution in [1.82, 2.24) is 24.9 Å². The van der Waals surface area contributed by atoms with E-state index in [1.54, 1.807) is 12.1 Å². The molecule has 1 aromatic carbocycles. The zero-order valence-corrected chi connectivity index (χ0v) is 13.7. The van der Waals surface area contributed by atoms with Gasteiger partial charge in [0, 0.05) is 5.56 Å². The average molecular weight is 374 g/mol. The molecule has 0 spiro atoms. The van der Waals surface area contributed by atoms with Crippen molar-refractivity contribution < 1.29 is 25.0 Å². The lowest BCUT2D eigenvalue weighted by Gasteiger charge is -2.03. The summed E-state index contributed by atoms with van der Waals surface area (Å²) in [5, 5.41) is 41.7. The van der Waals surface area contributed by atoms with Gasteiger partial charge in [-0.3, -0.25) is 9.59 Å². The molecule has 2 atom stereocenters. The van der Waals surface area contributed by atoms with E-state index < -0.39 is 23.8 Å². The molecule has 12 heteroatoms. The number of anilines is 1. The van der Waals surface area contributed by atoms with Crippen molar-refractivity contribution >= 4 is 22.8 Å². The lowest BCUT2D eigenvalue weighted by molar-refractivity contribution is 0.102.